The van der Waals surface area contributed by atoms with Crippen LogP contribution in [-0.2, 0) is 4.79 Å². The number of amides is 1. The molecule has 3 aromatic rings. The highest BCUT2D eigenvalue weighted by Crippen LogP contribution is 2.26. The Balaban J connectivity index is 1.56. The monoisotopic (exact) mass is 369 g/mol. The molecule has 0 atom stereocenters. The number of aromatic nitrogens is 2. The maximum absolute atomic E-state index is 11.3. The molecule has 1 amide bonds. The van der Waals surface area contributed by atoms with Gasteiger partial charge in [-0.1, -0.05) is 24.3 Å². The van der Waals surface area contributed by atoms with Crippen LogP contribution in [0.4, 0.5) is 17.2 Å². The van der Waals surface area contributed by atoms with Gasteiger partial charge in [-0.3, -0.25) is 14.8 Å². The van der Waals surface area contributed by atoms with Gasteiger partial charge in [0.1, 0.15) is 5.82 Å². The van der Waals surface area contributed by atoms with Crippen molar-refractivity contribution in [1.82, 2.24) is 9.97 Å². The summed E-state index contributed by atoms with van der Waals surface area (Å²) in [5.41, 5.74) is 5.59. The van der Waals surface area contributed by atoms with E-state index in [1.807, 2.05) is 48.8 Å². The summed E-state index contributed by atoms with van der Waals surface area (Å²) in [5, 5.41) is 6.10. The maximum atomic E-state index is 11.3. The Morgan fingerprint density at radius 1 is 1.00 bits per heavy atom. The van der Waals surface area contributed by atoms with E-state index in [1.165, 1.54) is 12.5 Å². The van der Waals surface area contributed by atoms with Crippen LogP contribution in [-0.4, -0.2) is 22.1 Å². The molecule has 1 aliphatic heterocycles. The van der Waals surface area contributed by atoms with Gasteiger partial charge in [-0.05, 0) is 35.4 Å². The third-order valence-corrected chi connectivity index (χ3v) is 4.27. The summed E-state index contributed by atoms with van der Waals surface area (Å²) in [6.07, 6.45) is 8.03. The average molecular weight is 369 g/mol. The number of carbonyl (C=O) groups is 1. The smallest absolute Gasteiger partial charge is 0.221 e. The highest BCUT2D eigenvalue weighted by molar-refractivity contribution is 5.89. The van der Waals surface area contributed by atoms with Crippen molar-refractivity contribution in [3.05, 3.63) is 72.7 Å². The van der Waals surface area contributed by atoms with Crippen molar-refractivity contribution in [2.24, 2.45) is 4.99 Å². The van der Waals surface area contributed by atoms with E-state index in [0.29, 0.717) is 5.82 Å². The second-order valence-corrected chi connectivity index (χ2v) is 6.45. The Bertz CT molecular complexity index is 1090. The molecule has 0 unspecified atom stereocenters. The number of nitrogens with zero attached hydrogens (tertiary/aromatic N) is 3. The highest BCUT2D eigenvalue weighted by atomic mass is 16.1. The standard InChI is InChI=1S/C22H19N5O/c1-15(28)25-19-6-3-5-17(11-19)21-13-24-14-22(27-21)26-20-7-2-4-16(10-20)18-8-9-23-12-18/h2-7,9-14H,8H2,1H3,(H,25,28)(H,26,27). The largest absolute Gasteiger partial charge is 0.339 e. The summed E-state index contributed by atoms with van der Waals surface area (Å²) in [7, 11) is 0. The van der Waals surface area contributed by atoms with E-state index in [2.05, 4.69) is 37.7 Å². The summed E-state index contributed by atoms with van der Waals surface area (Å²) in [6.45, 7) is 1.49. The average Bonchev–Trinajstić information content (AvgIpc) is 3.23. The lowest BCUT2D eigenvalue weighted by Gasteiger charge is -2.10. The number of nitrogens with one attached hydrogen (secondary N) is 2. The lowest BCUT2D eigenvalue weighted by atomic mass is 10.0. The van der Waals surface area contributed by atoms with E-state index in [0.717, 1.165) is 34.6 Å². The van der Waals surface area contributed by atoms with Crippen molar-refractivity contribution in [2.75, 3.05) is 10.6 Å². The van der Waals surface area contributed by atoms with Crippen LogP contribution in [0.2, 0.25) is 0 Å². The number of carbonyl (C=O) groups excluding carboxylic acids is 1. The number of hydrogen-bond acceptors (Lipinski definition) is 5. The predicted octanol–water partition coefficient (Wildman–Crippen LogP) is 4.66. The molecule has 0 spiro atoms. The molecule has 1 aromatic heterocycles. The van der Waals surface area contributed by atoms with Gasteiger partial charge in [0.15, 0.2) is 0 Å². The zero-order chi connectivity index (χ0) is 19.3. The first-order valence-corrected chi connectivity index (χ1v) is 8.95. The van der Waals surface area contributed by atoms with Crippen LogP contribution in [0, 0.1) is 0 Å². The van der Waals surface area contributed by atoms with Gasteiger partial charge in [-0.2, -0.15) is 0 Å². The van der Waals surface area contributed by atoms with Crippen molar-refractivity contribution < 1.29 is 4.79 Å². The van der Waals surface area contributed by atoms with Gasteiger partial charge < -0.3 is 10.6 Å². The third kappa shape index (κ3) is 4.12. The SMILES string of the molecule is CC(=O)Nc1cccc(-c2cncc(Nc3cccc(C4=CN=CC4)c3)n2)c1. The van der Waals surface area contributed by atoms with Crippen molar-refractivity contribution in [2.45, 2.75) is 13.3 Å². The van der Waals surface area contributed by atoms with E-state index in [1.54, 1.807) is 12.4 Å². The second kappa shape index (κ2) is 7.84. The molecule has 6 heteroatoms. The Morgan fingerprint density at radius 3 is 2.57 bits per heavy atom. The molecule has 0 fully saturated rings. The molecule has 2 heterocycles. The van der Waals surface area contributed by atoms with Gasteiger partial charge in [0.05, 0.1) is 18.1 Å². The fourth-order valence-electron chi connectivity index (χ4n) is 3.01. The second-order valence-electron chi connectivity index (χ2n) is 6.45. The summed E-state index contributed by atoms with van der Waals surface area (Å²) in [5.74, 6) is 0.539. The molecule has 0 aliphatic carbocycles. The molecular formula is C22H19N5O. The van der Waals surface area contributed by atoms with E-state index in [-0.39, 0.29) is 5.91 Å². The summed E-state index contributed by atoms with van der Waals surface area (Å²) in [6, 6.07) is 15.7. The van der Waals surface area contributed by atoms with Crippen molar-refractivity contribution in [1.29, 1.82) is 0 Å². The number of hydrogen-bond donors (Lipinski definition) is 2. The fraction of sp³-hybridized carbons (Fsp3) is 0.0909. The molecule has 2 aromatic carbocycles. The van der Waals surface area contributed by atoms with E-state index >= 15 is 0 Å². The minimum Gasteiger partial charge on any atom is -0.339 e. The van der Waals surface area contributed by atoms with Crippen LogP contribution < -0.4 is 10.6 Å². The van der Waals surface area contributed by atoms with Crippen LogP contribution >= 0.6 is 0 Å². The molecule has 28 heavy (non-hydrogen) atoms. The lowest BCUT2D eigenvalue weighted by Crippen LogP contribution is -2.05. The van der Waals surface area contributed by atoms with Crippen LogP contribution in [0.15, 0.2) is 72.1 Å². The Kier molecular flexibility index (Phi) is 4.93. The molecular weight excluding hydrogens is 350 g/mol. The zero-order valence-corrected chi connectivity index (χ0v) is 15.4. The topological polar surface area (TPSA) is 79.3 Å². The van der Waals surface area contributed by atoms with Crippen LogP contribution in [0.3, 0.4) is 0 Å². The summed E-state index contributed by atoms with van der Waals surface area (Å²) < 4.78 is 0. The Labute approximate surface area is 163 Å². The summed E-state index contributed by atoms with van der Waals surface area (Å²) in [4.78, 5) is 24.4. The first-order chi connectivity index (χ1) is 13.7. The maximum Gasteiger partial charge on any atom is 0.221 e. The zero-order valence-electron chi connectivity index (χ0n) is 15.4. The molecule has 2 N–H and O–H groups in total. The summed E-state index contributed by atoms with van der Waals surface area (Å²) >= 11 is 0. The third-order valence-electron chi connectivity index (χ3n) is 4.27. The predicted molar refractivity (Wildman–Crippen MR) is 113 cm³/mol. The van der Waals surface area contributed by atoms with Gasteiger partial charge in [0.2, 0.25) is 5.91 Å². The molecule has 0 saturated heterocycles. The molecule has 1 aliphatic rings. The van der Waals surface area contributed by atoms with Gasteiger partial charge in [0, 0.05) is 42.7 Å². The first kappa shape index (κ1) is 17.6. The Hall–Kier alpha value is -3.80. The molecule has 0 radical (unpaired) electrons. The van der Waals surface area contributed by atoms with Gasteiger partial charge in [-0.25, -0.2) is 4.98 Å². The molecule has 0 saturated carbocycles. The number of anilines is 3. The number of rotatable bonds is 5. The lowest BCUT2D eigenvalue weighted by molar-refractivity contribution is -0.114. The highest BCUT2D eigenvalue weighted by Gasteiger charge is 2.07. The van der Waals surface area contributed by atoms with Crippen LogP contribution in [0.5, 0.6) is 0 Å². The minimum atomic E-state index is -0.110. The van der Waals surface area contributed by atoms with Gasteiger partial charge in [0.25, 0.3) is 0 Å². The Morgan fingerprint density at radius 2 is 1.79 bits per heavy atom. The van der Waals surface area contributed by atoms with Crippen LogP contribution in [0.25, 0.3) is 16.8 Å². The number of aliphatic imine (C=N–C) groups is 1. The normalized spacial score (nSPS) is 12.5. The number of benzene rings is 2. The van der Waals surface area contributed by atoms with Crippen LogP contribution in [0.1, 0.15) is 18.9 Å². The van der Waals surface area contributed by atoms with Gasteiger partial charge in [-0.15, -0.1) is 0 Å². The van der Waals surface area contributed by atoms with E-state index in [9.17, 15) is 4.79 Å². The molecule has 6 nitrogen and oxygen atoms in total. The quantitative estimate of drug-likeness (QED) is 0.685. The van der Waals surface area contributed by atoms with Crippen molar-refractivity contribution >= 4 is 34.9 Å². The fourth-order valence-corrected chi connectivity index (χ4v) is 3.01. The van der Waals surface area contributed by atoms with Crippen molar-refractivity contribution in [3.8, 4) is 11.3 Å². The van der Waals surface area contributed by atoms with Gasteiger partial charge >= 0.3 is 0 Å². The first-order valence-electron chi connectivity index (χ1n) is 8.95. The number of allylic oxidation sites excluding steroid dienone is 1. The minimum absolute atomic E-state index is 0.110. The van der Waals surface area contributed by atoms with Crippen molar-refractivity contribution in [3.63, 3.8) is 0 Å². The molecule has 138 valence electrons. The molecule has 0 bridgehead atoms. The van der Waals surface area contributed by atoms with E-state index < -0.39 is 0 Å². The van der Waals surface area contributed by atoms with E-state index in [4.69, 9.17) is 0 Å². The molecule has 4 rings (SSSR count).